The molecule has 90 valence electrons. The van der Waals surface area contributed by atoms with E-state index in [0.29, 0.717) is 0 Å². The van der Waals surface area contributed by atoms with E-state index in [4.69, 9.17) is 11.6 Å². The molecule has 1 aliphatic rings. The van der Waals surface area contributed by atoms with Crippen LogP contribution in [0, 0.1) is 0 Å². The molecule has 1 aliphatic carbocycles. The average Bonchev–Trinajstić information content (AvgIpc) is 2.77. The molecule has 0 aromatic rings. The fourth-order valence-corrected chi connectivity index (χ4v) is 5.36. The summed E-state index contributed by atoms with van der Waals surface area (Å²) in [5.74, 6) is 0.180. The molecule has 0 radical (unpaired) electrons. The first-order valence-electron chi connectivity index (χ1n) is 4.49. The molecular weight excluding hydrogens is 262 g/mol. The predicted molar refractivity (Wildman–Crippen MR) is 59.1 cm³/mol. The molecule has 0 saturated heterocycles. The summed E-state index contributed by atoms with van der Waals surface area (Å²) in [6.07, 6.45) is 2.50. The van der Waals surface area contributed by atoms with E-state index in [1.54, 1.807) is 0 Å². The summed E-state index contributed by atoms with van der Waals surface area (Å²) in [5, 5.41) is -0.826. The van der Waals surface area contributed by atoms with E-state index in [1.165, 1.54) is 4.31 Å². The second-order valence-corrected chi connectivity index (χ2v) is 8.49. The number of halogens is 1. The Morgan fingerprint density at radius 2 is 1.80 bits per heavy atom. The van der Waals surface area contributed by atoms with Crippen molar-refractivity contribution in [1.29, 1.82) is 0 Å². The number of rotatable bonds is 6. The highest BCUT2D eigenvalue weighted by Crippen LogP contribution is 2.29. The molecule has 5 nitrogen and oxygen atoms in total. The SMILES string of the molecule is CS(=O)(=O)CS(=O)(=O)N(CCCl)C1CC1. The van der Waals surface area contributed by atoms with Crippen LogP contribution in [-0.2, 0) is 19.9 Å². The van der Waals surface area contributed by atoms with Crippen molar-refractivity contribution in [2.75, 3.05) is 23.8 Å². The van der Waals surface area contributed by atoms with Gasteiger partial charge < -0.3 is 0 Å². The van der Waals surface area contributed by atoms with Gasteiger partial charge in [-0.1, -0.05) is 0 Å². The van der Waals surface area contributed by atoms with Crippen molar-refractivity contribution in [2.45, 2.75) is 18.9 Å². The third kappa shape index (κ3) is 4.26. The Morgan fingerprint density at radius 3 is 2.13 bits per heavy atom. The van der Waals surface area contributed by atoms with E-state index in [0.717, 1.165) is 19.1 Å². The standard InChI is InChI=1S/C7H14ClNO4S2/c1-14(10,11)6-15(12,13)9(5-4-8)7-2-3-7/h7H,2-6H2,1H3. The molecule has 1 fully saturated rings. The first kappa shape index (κ1) is 13.2. The van der Waals surface area contributed by atoms with Gasteiger partial charge in [0.1, 0.15) is 0 Å². The van der Waals surface area contributed by atoms with E-state index < -0.39 is 24.9 Å². The molecular formula is C7H14ClNO4S2. The normalized spacial score (nSPS) is 18.3. The van der Waals surface area contributed by atoms with Crippen LogP contribution in [0.5, 0.6) is 0 Å². The minimum atomic E-state index is -3.72. The van der Waals surface area contributed by atoms with Crippen molar-refractivity contribution >= 4 is 31.5 Å². The van der Waals surface area contributed by atoms with Gasteiger partial charge in [-0.15, -0.1) is 11.6 Å². The van der Waals surface area contributed by atoms with Crippen LogP contribution < -0.4 is 0 Å². The topological polar surface area (TPSA) is 71.5 Å². The van der Waals surface area contributed by atoms with Crippen LogP contribution in [-0.4, -0.2) is 50.9 Å². The van der Waals surface area contributed by atoms with Crippen molar-refractivity contribution < 1.29 is 16.8 Å². The summed E-state index contributed by atoms with van der Waals surface area (Å²) in [6, 6.07) is -0.0458. The summed E-state index contributed by atoms with van der Waals surface area (Å²) >= 11 is 5.49. The Morgan fingerprint density at radius 1 is 1.27 bits per heavy atom. The van der Waals surface area contributed by atoms with Crippen molar-refractivity contribution in [2.24, 2.45) is 0 Å². The molecule has 0 unspecified atom stereocenters. The number of hydrogen-bond donors (Lipinski definition) is 0. The van der Waals surface area contributed by atoms with Gasteiger partial charge in [0.25, 0.3) is 0 Å². The maximum absolute atomic E-state index is 11.7. The molecule has 0 aromatic carbocycles. The molecule has 8 heteroatoms. The first-order valence-corrected chi connectivity index (χ1v) is 8.70. The van der Waals surface area contributed by atoms with Crippen molar-refractivity contribution in [1.82, 2.24) is 4.31 Å². The molecule has 0 aliphatic heterocycles. The monoisotopic (exact) mass is 275 g/mol. The lowest BCUT2D eigenvalue weighted by Gasteiger charge is -2.19. The van der Waals surface area contributed by atoms with Gasteiger partial charge >= 0.3 is 0 Å². The van der Waals surface area contributed by atoms with Crippen LogP contribution in [0.4, 0.5) is 0 Å². The maximum Gasteiger partial charge on any atom is 0.228 e. The van der Waals surface area contributed by atoms with Crippen molar-refractivity contribution in [3.05, 3.63) is 0 Å². The van der Waals surface area contributed by atoms with Gasteiger partial charge in [0, 0.05) is 24.7 Å². The second-order valence-electron chi connectivity index (χ2n) is 3.69. The molecule has 0 bridgehead atoms. The number of nitrogens with zero attached hydrogens (tertiary/aromatic N) is 1. The Labute approximate surface area is 95.4 Å². The molecule has 0 atom stereocenters. The zero-order chi connectivity index (χ0) is 11.7. The number of sulfonamides is 1. The third-order valence-corrected chi connectivity index (χ3v) is 6.25. The highest BCUT2D eigenvalue weighted by Gasteiger charge is 2.38. The quantitative estimate of drug-likeness (QED) is 0.641. The van der Waals surface area contributed by atoms with Crippen molar-refractivity contribution in [3.8, 4) is 0 Å². The smallest absolute Gasteiger partial charge is 0.228 e. The van der Waals surface area contributed by atoms with Gasteiger partial charge in [0.15, 0.2) is 14.9 Å². The van der Waals surface area contributed by atoms with Gasteiger partial charge in [-0.2, -0.15) is 4.31 Å². The second kappa shape index (κ2) is 4.57. The zero-order valence-electron chi connectivity index (χ0n) is 8.39. The van der Waals surface area contributed by atoms with Gasteiger partial charge in [-0.05, 0) is 12.8 Å². The third-order valence-electron chi connectivity index (χ3n) is 1.98. The largest absolute Gasteiger partial charge is 0.228 e. The molecule has 0 amide bonds. The minimum absolute atomic E-state index is 0.0458. The van der Waals surface area contributed by atoms with Crippen molar-refractivity contribution in [3.63, 3.8) is 0 Å². The van der Waals surface area contributed by atoms with Crippen LogP contribution in [0.15, 0.2) is 0 Å². The number of hydrogen-bond acceptors (Lipinski definition) is 4. The Hall–Kier alpha value is 0.150. The van der Waals surface area contributed by atoms with Crippen LogP contribution in [0.25, 0.3) is 0 Å². The van der Waals surface area contributed by atoms with E-state index in [2.05, 4.69) is 0 Å². The Balaban J connectivity index is 2.81. The van der Waals surface area contributed by atoms with E-state index in [-0.39, 0.29) is 18.5 Å². The Bertz CT molecular complexity index is 412. The van der Waals surface area contributed by atoms with E-state index >= 15 is 0 Å². The molecule has 0 aromatic heterocycles. The lowest BCUT2D eigenvalue weighted by Crippen LogP contribution is -2.38. The summed E-state index contributed by atoms with van der Waals surface area (Å²) < 4.78 is 46.5. The molecule has 15 heavy (non-hydrogen) atoms. The highest BCUT2D eigenvalue weighted by atomic mass is 35.5. The molecule has 1 saturated carbocycles. The van der Waals surface area contributed by atoms with Gasteiger partial charge in [0.05, 0.1) is 0 Å². The van der Waals surface area contributed by atoms with Crippen LogP contribution in [0.3, 0.4) is 0 Å². The Kier molecular flexibility index (Phi) is 4.02. The lowest BCUT2D eigenvalue weighted by molar-refractivity contribution is 0.425. The van der Waals surface area contributed by atoms with E-state index in [1.807, 2.05) is 0 Å². The maximum atomic E-state index is 11.7. The molecule has 1 rings (SSSR count). The van der Waals surface area contributed by atoms with Crippen LogP contribution in [0.1, 0.15) is 12.8 Å². The predicted octanol–water partition coefficient (Wildman–Crippen LogP) is 0.0215. The van der Waals surface area contributed by atoms with Gasteiger partial charge in [0.2, 0.25) is 10.0 Å². The van der Waals surface area contributed by atoms with E-state index in [9.17, 15) is 16.8 Å². The summed E-state index contributed by atoms with van der Waals surface area (Å²) in [6.45, 7) is 0.185. The highest BCUT2D eigenvalue weighted by molar-refractivity contribution is 8.06. The summed E-state index contributed by atoms with van der Waals surface area (Å²) in [7, 11) is -7.24. The number of alkyl halides is 1. The lowest BCUT2D eigenvalue weighted by atomic mass is 10.6. The molecule has 0 spiro atoms. The van der Waals surface area contributed by atoms with Crippen LogP contribution >= 0.6 is 11.6 Å². The van der Waals surface area contributed by atoms with Gasteiger partial charge in [-0.25, -0.2) is 16.8 Å². The molecule has 0 N–H and O–H groups in total. The number of sulfone groups is 1. The molecule has 0 heterocycles. The van der Waals surface area contributed by atoms with Gasteiger partial charge in [-0.3, -0.25) is 0 Å². The summed E-state index contributed by atoms with van der Waals surface area (Å²) in [5.41, 5.74) is 0. The average molecular weight is 276 g/mol. The zero-order valence-corrected chi connectivity index (χ0v) is 10.8. The first-order chi connectivity index (χ1) is 6.76. The fourth-order valence-electron chi connectivity index (χ4n) is 1.33. The fraction of sp³-hybridized carbons (Fsp3) is 1.00. The van der Waals surface area contributed by atoms with Crippen LogP contribution in [0.2, 0.25) is 0 Å². The summed E-state index contributed by atoms with van der Waals surface area (Å²) in [4.78, 5) is 0. The minimum Gasteiger partial charge on any atom is -0.228 e.